The molecule has 0 unspecified atom stereocenters. The normalized spacial score (nSPS) is 15.8. The third-order valence-corrected chi connectivity index (χ3v) is 6.37. The molecule has 1 aliphatic carbocycles. The molecule has 31 heavy (non-hydrogen) atoms. The topological polar surface area (TPSA) is 55.6 Å². The molecule has 0 bridgehead atoms. The standard InChI is InChI=1S/C26H23N5/c1-31-12-8-18-5-6-19(13-25(18)31)21-14-20(15-24-26(21)29-11-10-28-24)30-23-4-2-3-17-7-9-27-16-22(17)23/h5-16,23,30H,2-4H2,1H3/t23-/m0/s1. The Kier molecular flexibility index (Phi) is 4.20. The van der Waals surface area contributed by atoms with Crippen LogP contribution in [0.25, 0.3) is 33.1 Å². The van der Waals surface area contributed by atoms with Gasteiger partial charge in [-0.05, 0) is 71.7 Å². The lowest BCUT2D eigenvalue weighted by atomic mass is 9.89. The first-order chi connectivity index (χ1) is 15.3. The number of anilines is 1. The highest BCUT2D eigenvalue weighted by molar-refractivity contribution is 5.97. The second-order valence-electron chi connectivity index (χ2n) is 8.31. The largest absolute Gasteiger partial charge is 0.378 e. The van der Waals surface area contributed by atoms with Crippen LogP contribution in [0.5, 0.6) is 0 Å². The van der Waals surface area contributed by atoms with Gasteiger partial charge < -0.3 is 9.88 Å². The summed E-state index contributed by atoms with van der Waals surface area (Å²) >= 11 is 0. The molecule has 0 saturated heterocycles. The van der Waals surface area contributed by atoms with Gasteiger partial charge in [-0.15, -0.1) is 0 Å². The molecule has 1 atom stereocenters. The second-order valence-corrected chi connectivity index (χ2v) is 8.31. The van der Waals surface area contributed by atoms with Gasteiger partial charge in [0.1, 0.15) is 0 Å². The molecular formula is C26H23N5. The van der Waals surface area contributed by atoms with Crippen molar-refractivity contribution >= 4 is 27.6 Å². The highest BCUT2D eigenvalue weighted by Gasteiger charge is 2.21. The Morgan fingerprint density at radius 3 is 2.90 bits per heavy atom. The molecule has 2 aromatic carbocycles. The van der Waals surface area contributed by atoms with Crippen LogP contribution in [0.15, 0.2) is 73.4 Å². The van der Waals surface area contributed by atoms with Crippen LogP contribution in [-0.4, -0.2) is 19.5 Å². The van der Waals surface area contributed by atoms with Crippen LogP contribution in [0.4, 0.5) is 5.69 Å². The first-order valence-electron chi connectivity index (χ1n) is 10.8. The van der Waals surface area contributed by atoms with E-state index in [9.17, 15) is 0 Å². The Hall–Kier alpha value is -3.73. The molecule has 0 saturated carbocycles. The molecular weight excluding hydrogens is 382 g/mol. The fourth-order valence-electron chi connectivity index (χ4n) is 4.79. The van der Waals surface area contributed by atoms with E-state index in [0.717, 1.165) is 40.7 Å². The van der Waals surface area contributed by atoms with Crippen LogP contribution in [-0.2, 0) is 13.5 Å². The van der Waals surface area contributed by atoms with Gasteiger partial charge in [0.25, 0.3) is 0 Å². The van der Waals surface area contributed by atoms with Crippen LogP contribution in [0.3, 0.4) is 0 Å². The molecule has 6 rings (SSSR count). The van der Waals surface area contributed by atoms with Gasteiger partial charge in [-0.3, -0.25) is 15.0 Å². The highest BCUT2D eigenvalue weighted by Crippen LogP contribution is 2.36. The molecule has 5 nitrogen and oxygen atoms in total. The van der Waals surface area contributed by atoms with E-state index in [1.54, 1.807) is 12.4 Å². The van der Waals surface area contributed by atoms with Crippen LogP contribution in [0, 0.1) is 0 Å². The Labute approximate surface area is 180 Å². The van der Waals surface area contributed by atoms with Crippen molar-refractivity contribution in [2.24, 2.45) is 7.05 Å². The summed E-state index contributed by atoms with van der Waals surface area (Å²) in [5.74, 6) is 0. The SMILES string of the molecule is Cn1ccc2ccc(-c3cc(N[C@H]4CCCc5ccncc54)cc4nccnc34)cc21. The number of nitrogens with one attached hydrogen (secondary N) is 1. The zero-order chi connectivity index (χ0) is 20.8. The van der Waals surface area contributed by atoms with E-state index < -0.39 is 0 Å². The summed E-state index contributed by atoms with van der Waals surface area (Å²) in [5.41, 5.74) is 9.04. The molecule has 1 N–H and O–H groups in total. The fourth-order valence-corrected chi connectivity index (χ4v) is 4.79. The fraction of sp³-hybridized carbons (Fsp3) is 0.192. The van der Waals surface area contributed by atoms with Crippen molar-refractivity contribution in [1.82, 2.24) is 19.5 Å². The lowest BCUT2D eigenvalue weighted by molar-refractivity contribution is 0.597. The van der Waals surface area contributed by atoms with Gasteiger partial charge in [0.15, 0.2) is 0 Å². The predicted octanol–water partition coefficient (Wildman–Crippen LogP) is 5.67. The summed E-state index contributed by atoms with van der Waals surface area (Å²) in [6.45, 7) is 0. The molecule has 1 aliphatic rings. The number of aryl methyl sites for hydroxylation is 2. The minimum atomic E-state index is 0.259. The number of fused-ring (bicyclic) bond motifs is 3. The van der Waals surface area contributed by atoms with Gasteiger partial charge in [0, 0.05) is 54.8 Å². The quantitative estimate of drug-likeness (QED) is 0.420. The Bertz CT molecular complexity index is 1420. The van der Waals surface area contributed by atoms with E-state index in [1.165, 1.54) is 28.5 Å². The maximum atomic E-state index is 4.66. The number of aromatic nitrogens is 4. The maximum absolute atomic E-state index is 4.66. The second kappa shape index (κ2) is 7.20. The highest BCUT2D eigenvalue weighted by atomic mass is 14.9. The van der Waals surface area contributed by atoms with E-state index in [1.807, 2.05) is 12.4 Å². The molecule has 3 aromatic heterocycles. The molecule has 5 aromatic rings. The summed E-state index contributed by atoms with van der Waals surface area (Å²) in [4.78, 5) is 13.7. The molecule has 0 amide bonds. The first kappa shape index (κ1) is 18.1. The van der Waals surface area contributed by atoms with E-state index in [2.05, 4.69) is 80.5 Å². The minimum Gasteiger partial charge on any atom is -0.378 e. The Morgan fingerprint density at radius 1 is 1.00 bits per heavy atom. The average Bonchev–Trinajstić information content (AvgIpc) is 3.19. The van der Waals surface area contributed by atoms with E-state index in [0.29, 0.717) is 0 Å². The van der Waals surface area contributed by atoms with E-state index in [-0.39, 0.29) is 6.04 Å². The van der Waals surface area contributed by atoms with Gasteiger partial charge in [-0.2, -0.15) is 0 Å². The Balaban J connectivity index is 1.47. The number of hydrogen-bond donors (Lipinski definition) is 1. The summed E-state index contributed by atoms with van der Waals surface area (Å²) in [6, 6.07) is 15.5. The van der Waals surface area contributed by atoms with Crippen molar-refractivity contribution < 1.29 is 0 Å². The van der Waals surface area contributed by atoms with Crippen molar-refractivity contribution in [3.63, 3.8) is 0 Å². The average molecular weight is 406 g/mol. The smallest absolute Gasteiger partial charge is 0.0966 e. The van der Waals surface area contributed by atoms with Crippen molar-refractivity contribution in [1.29, 1.82) is 0 Å². The van der Waals surface area contributed by atoms with Gasteiger partial charge in [0.2, 0.25) is 0 Å². The lowest BCUT2D eigenvalue weighted by Crippen LogP contribution is -2.17. The molecule has 0 aliphatic heterocycles. The first-order valence-corrected chi connectivity index (χ1v) is 10.8. The molecule has 3 heterocycles. The summed E-state index contributed by atoms with van der Waals surface area (Å²) in [7, 11) is 2.08. The van der Waals surface area contributed by atoms with E-state index in [4.69, 9.17) is 0 Å². The molecule has 0 radical (unpaired) electrons. The summed E-state index contributed by atoms with van der Waals surface area (Å²) in [5, 5.41) is 5.01. The summed E-state index contributed by atoms with van der Waals surface area (Å²) in [6.07, 6.45) is 12.9. The van der Waals surface area contributed by atoms with Gasteiger partial charge in [-0.25, -0.2) is 0 Å². The van der Waals surface area contributed by atoms with Crippen LogP contribution >= 0.6 is 0 Å². The number of benzene rings is 2. The number of rotatable bonds is 3. The zero-order valence-electron chi connectivity index (χ0n) is 17.4. The van der Waals surface area contributed by atoms with E-state index >= 15 is 0 Å². The van der Waals surface area contributed by atoms with Crippen molar-refractivity contribution in [2.45, 2.75) is 25.3 Å². The van der Waals surface area contributed by atoms with Crippen molar-refractivity contribution in [3.05, 3.63) is 84.6 Å². The number of nitrogens with zero attached hydrogens (tertiary/aromatic N) is 4. The monoisotopic (exact) mass is 405 g/mol. The maximum Gasteiger partial charge on any atom is 0.0966 e. The number of hydrogen-bond acceptors (Lipinski definition) is 4. The van der Waals surface area contributed by atoms with Crippen LogP contribution < -0.4 is 5.32 Å². The number of pyridine rings is 1. The minimum absolute atomic E-state index is 0.259. The van der Waals surface area contributed by atoms with Crippen molar-refractivity contribution in [3.8, 4) is 11.1 Å². The molecule has 0 spiro atoms. The predicted molar refractivity (Wildman–Crippen MR) is 125 cm³/mol. The van der Waals surface area contributed by atoms with Crippen LogP contribution in [0.1, 0.15) is 30.0 Å². The van der Waals surface area contributed by atoms with Gasteiger partial charge >= 0.3 is 0 Å². The van der Waals surface area contributed by atoms with Crippen LogP contribution in [0.2, 0.25) is 0 Å². The van der Waals surface area contributed by atoms with Gasteiger partial charge in [0.05, 0.1) is 17.1 Å². The Morgan fingerprint density at radius 2 is 1.94 bits per heavy atom. The molecule has 152 valence electrons. The third-order valence-electron chi connectivity index (χ3n) is 6.37. The lowest BCUT2D eigenvalue weighted by Gasteiger charge is -2.27. The van der Waals surface area contributed by atoms with Crippen molar-refractivity contribution in [2.75, 3.05) is 5.32 Å². The molecule has 5 heteroatoms. The third kappa shape index (κ3) is 3.13. The van der Waals surface area contributed by atoms with Gasteiger partial charge in [-0.1, -0.05) is 12.1 Å². The zero-order valence-corrected chi connectivity index (χ0v) is 17.4. The molecule has 0 fully saturated rings. The summed E-state index contributed by atoms with van der Waals surface area (Å²) < 4.78 is 2.15.